The maximum atomic E-state index is 9.56. The van der Waals surface area contributed by atoms with Gasteiger partial charge in [-0.2, -0.15) is 0 Å². The topological polar surface area (TPSA) is 32.3 Å². The van der Waals surface area contributed by atoms with E-state index in [-0.39, 0.29) is 10.9 Å². The highest BCUT2D eigenvalue weighted by Gasteiger charge is 2.21. The van der Waals surface area contributed by atoms with Crippen LogP contribution in [0.15, 0.2) is 0 Å². The summed E-state index contributed by atoms with van der Waals surface area (Å²) in [6.45, 7) is 0.820. The minimum Gasteiger partial charge on any atom is -0.617 e. The van der Waals surface area contributed by atoms with E-state index in [0.29, 0.717) is 0 Å². The molecule has 1 atom stereocenters. The molecular weight excluding hydrogens is 219 g/mol. The Morgan fingerprint density at radius 1 is 1.50 bits per heavy atom. The molecule has 1 heterocycles. The van der Waals surface area contributed by atoms with Crippen molar-refractivity contribution in [2.75, 3.05) is 19.1 Å². The van der Waals surface area contributed by atoms with Gasteiger partial charge >= 0.3 is 0 Å². The third kappa shape index (κ3) is 7.50. The first-order valence-corrected chi connectivity index (χ1v) is 6.52. The number of ether oxygens (including phenoxy) is 1. The maximum Gasteiger partial charge on any atom is 0.133 e. The average molecular weight is 233 g/mol. The highest BCUT2D eigenvalue weighted by atomic mass is 35.5. The first-order valence-electron chi connectivity index (χ1n) is 3.69. The zero-order chi connectivity index (χ0) is 9.56. The molecule has 1 saturated heterocycles. The molecule has 2 nitrogen and oxygen atoms in total. The van der Waals surface area contributed by atoms with Gasteiger partial charge in [-0.25, -0.2) is 0 Å². The van der Waals surface area contributed by atoms with Crippen molar-refractivity contribution in [1.82, 2.24) is 0 Å². The van der Waals surface area contributed by atoms with Gasteiger partial charge in [-0.05, 0) is 12.8 Å². The van der Waals surface area contributed by atoms with E-state index in [2.05, 4.69) is 0 Å². The Morgan fingerprint density at radius 3 is 2.17 bits per heavy atom. The Morgan fingerprint density at radius 2 is 2.00 bits per heavy atom. The van der Waals surface area contributed by atoms with E-state index in [9.17, 15) is 4.55 Å². The Hall–Kier alpha value is 0.850. The fourth-order valence-electron chi connectivity index (χ4n) is 0.801. The Bertz CT molecular complexity index is 103. The van der Waals surface area contributed by atoms with Crippen LogP contribution in [0.3, 0.4) is 0 Å². The van der Waals surface area contributed by atoms with Crippen LogP contribution in [0.2, 0.25) is 0 Å². The molecule has 1 rings (SSSR count). The number of alkyl halides is 2. The van der Waals surface area contributed by atoms with Crippen LogP contribution >= 0.6 is 23.2 Å². The van der Waals surface area contributed by atoms with Crippen LogP contribution in [0.5, 0.6) is 0 Å². The minimum atomic E-state index is -0.611. The second kappa shape index (κ2) is 7.27. The van der Waals surface area contributed by atoms with E-state index in [1.165, 1.54) is 0 Å². The summed E-state index contributed by atoms with van der Waals surface area (Å²) in [6, 6.07) is 0. The van der Waals surface area contributed by atoms with Crippen LogP contribution in [-0.4, -0.2) is 34.6 Å². The van der Waals surface area contributed by atoms with Crippen molar-refractivity contribution in [2.24, 2.45) is 0 Å². The molecule has 0 saturated carbocycles. The first kappa shape index (κ1) is 12.8. The molecule has 0 aromatic carbocycles. The second-order valence-electron chi connectivity index (χ2n) is 2.63. The summed E-state index contributed by atoms with van der Waals surface area (Å²) in [6.07, 6.45) is 5.48. The van der Waals surface area contributed by atoms with Gasteiger partial charge in [0.25, 0.3) is 0 Å². The Balaban J connectivity index is 0.000000261. The molecule has 0 aliphatic carbocycles. The van der Waals surface area contributed by atoms with E-state index < -0.39 is 11.2 Å². The van der Waals surface area contributed by atoms with E-state index >= 15 is 0 Å². The Labute approximate surface area is 86.7 Å². The summed E-state index contributed by atoms with van der Waals surface area (Å²) < 4.78 is 14.7. The normalized spacial score (nSPS) is 22.8. The fourth-order valence-corrected chi connectivity index (χ4v) is 1.20. The summed E-state index contributed by atoms with van der Waals surface area (Å²) in [4.78, 5) is -0.336. The monoisotopic (exact) mass is 232 g/mol. The minimum absolute atomic E-state index is 0.0957. The van der Waals surface area contributed by atoms with Crippen LogP contribution in [0.25, 0.3) is 0 Å². The molecule has 0 N–H and O–H groups in total. The van der Waals surface area contributed by atoms with Crippen molar-refractivity contribution >= 4 is 34.4 Å². The lowest BCUT2D eigenvalue weighted by Crippen LogP contribution is -2.13. The quantitative estimate of drug-likeness (QED) is 0.512. The lowest BCUT2D eigenvalue weighted by atomic mass is 10.3. The van der Waals surface area contributed by atoms with Crippen molar-refractivity contribution in [3.05, 3.63) is 0 Å². The first-order chi connectivity index (χ1) is 5.54. The van der Waals surface area contributed by atoms with Gasteiger partial charge in [0.15, 0.2) is 0 Å². The zero-order valence-electron chi connectivity index (χ0n) is 7.26. The molecule has 1 unspecified atom stereocenters. The molecule has 0 radical (unpaired) electrons. The molecule has 1 aliphatic rings. The van der Waals surface area contributed by atoms with Gasteiger partial charge < -0.3 is 9.29 Å². The van der Waals surface area contributed by atoms with E-state index in [4.69, 9.17) is 27.9 Å². The summed E-state index contributed by atoms with van der Waals surface area (Å²) in [5.41, 5.74) is 0. The SMILES string of the molecule is C[S+](C)[O-].ClC(Cl)C1CCCO1. The van der Waals surface area contributed by atoms with Gasteiger partial charge in [0.2, 0.25) is 0 Å². The molecule has 0 aromatic rings. The fraction of sp³-hybridized carbons (Fsp3) is 1.00. The van der Waals surface area contributed by atoms with Gasteiger partial charge in [0.1, 0.15) is 4.84 Å². The van der Waals surface area contributed by atoms with Gasteiger partial charge in [-0.15, -0.1) is 23.2 Å². The van der Waals surface area contributed by atoms with Crippen molar-refractivity contribution in [3.8, 4) is 0 Å². The number of hydrogen-bond acceptors (Lipinski definition) is 2. The van der Waals surface area contributed by atoms with Crippen LogP contribution in [0.1, 0.15) is 12.8 Å². The van der Waals surface area contributed by atoms with Gasteiger partial charge in [0.05, 0.1) is 18.6 Å². The van der Waals surface area contributed by atoms with Crippen molar-refractivity contribution in [2.45, 2.75) is 23.8 Å². The summed E-state index contributed by atoms with van der Waals surface area (Å²) in [5.74, 6) is 0. The molecule has 5 heteroatoms. The van der Waals surface area contributed by atoms with Crippen molar-refractivity contribution in [3.63, 3.8) is 0 Å². The molecule has 1 fully saturated rings. The van der Waals surface area contributed by atoms with Crippen LogP contribution in [0.4, 0.5) is 0 Å². The predicted octanol–water partition coefficient (Wildman–Crippen LogP) is 1.96. The molecule has 0 spiro atoms. The summed E-state index contributed by atoms with van der Waals surface area (Å²) in [7, 11) is 0. The van der Waals surface area contributed by atoms with Crippen LogP contribution in [0, 0.1) is 0 Å². The third-order valence-electron chi connectivity index (χ3n) is 1.25. The molecule has 1 aliphatic heterocycles. The number of hydrogen-bond donors (Lipinski definition) is 0. The summed E-state index contributed by atoms with van der Waals surface area (Å²) in [5, 5.41) is 0. The molecule has 12 heavy (non-hydrogen) atoms. The highest BCUT2D eigenvalue weighted by molar-refractivity contribution is 7.89. The largest absolute Gasteiger partial charge is 0.617 e. The molecule has 0 bridgehead atoms. The molecular formula is C7H14Cl2O2S. The maximum absolute atomic E-state index is 9.56. The van der Waals surface area contributed by atoms with Gasteiger partial charge in [-0.3, -0.25) is 0 Å². The number of rotatable bonds is 1. The third-order valence-corrected chi connectivity index (χ3v) is 1.81. The van der Waals surface area contributed by atoms with Crippen LogP contribution in [-0.2, 0) is 15.9 Å². The standard InChI is InChI=1S/C5H8Cl2O.C2H6OS/c6-5(7)4-2-1-3-8-4;1-4(2)3/h4-5H,1-3H2;1-2H3. The zero-order valence-corrected chi connectivity index (χ0v) is 9.59. The Kier molecular flexibility index (Phi) is 7.79. The molecule has 0 aromatic heterocycles. The van der Waals surface area contributed by atoms with Crippen molar-refractivity contribution < 1.29 is 9.29 Å². The van der Waals surface area contributed by atoms with E-state index in [0.717, 1.165) is 19.4 Å². The second-order valence-corrected chi connectivity index (χ2v) is 5.27. The van der Waals surface area contributed by atoms with Crippen molar-refractivity contribution in [1.29, 1.82) is 0 Å². The number of halogens is 2. The highest BCUT2D eigenvalue weighted by Crippen LogP contribution is 2.21. The van der Waals surface area contributed by atoms with E-state index in [1.54, 1.807) is 12.5 Å². The lowest BCUT2D eigenvalue weighted by Gasteiger charge is -2.07. The predicted molar refractivity (Wildman–Crippen MR) is 54.5 cm³/mol. The molecule has 74 valence electrons. The van der Waals surface area contributed by atoms with E-state index in [1.807, 2.05) is 0 Å². The summed E-state index contributed by atoms with van der Waals surface area (Å²) >= 11 is 10.4. The van der Waals surface area contributed by atoms with Crippen LogP contribution < -0.4 is 0 Å². The van der Waals surface area contributed by atoms with Gasteiger partial charge in [0, 0.05) is 6.61 Å². The lowest BCUT2D eigenvalue weighted by molar-refractivity contribution is 0.121. The average Bonchev–Trinajstić information content (AvgIpc) is 2.34. The van der Waals surface area contributed by atoms with Gasteiger partial charge in [-0.1, -0.05) is 11.2 Å². The smallest absolute Gasteiger partial charge is 0.133 e. The molecule has 0 amide bonds.